The number of rotatable bonds is 2. The topological polar surface area (TPSA) is 17.8 Å². The van der Waals surface area contributed by atoms with E-state index in [1.54, 1.807) is 0 Å². The Hall–Kier alpha value is -2.35. The molecule has 3 aromatic rings. The maximum atomic E-state index is 4.20. The summed E-state index contributed by atoms with van der Waals surface area (Å²) in [6, 6.07) is 15.1. The van der Waals surface area contributed by atoms with E-state index in [-0.39, 0.29) is 0 Å². The molecule has 0 aliphatic rings. The van der Waals surface area contributed by atoms with E-state index in [9.17, 15) is 0 Å². The van der Waals surface area contributed by atoms with Gasteiger partial charge in [-0.15, -0.1) is 0 Å². The van der Waals surface area contributed by atoms with E-state index in [1.807, 2.05) is 24.1 Å². The standard InChI is InChI=1S/C18H18N2/c1-13-6-4-7-14(2)18(13)16-9-5-8-15(10-16)17-11-19-12-20(17)3/h4-12H,1-3H3. The second-order valence-corrected chi connectivity index (χ2v) is 5.24. The summed E-state index contributed by atoms with van der Waals surface area (Å²) in [6.45, 7) is 4.33. The molecule has 0 aliphatic carbocycles. The van der Waals surface area contributed by atoms with Crippen LogP contribution in [0.2, 0.25) is 0 Å². The zero-order chi connectivity index (χ0) is 14.1. The quantitative estimate of drug-likeness (QED) is 0.670. The van der Waals surface area contributed by atoms with Crippen molar-refractivity contribution in [3.63, 3.8) is 0 Å². The summed E-state index contributed by atoms with van der Waals surface area (Å²) >= 11 is 0. The van der Waals surface area contributed by atoms with Crippen LogP contribution < -0.4 is 0 Å². The van der Waals surface area contributed by atoms with Crippen LogP contribution in [0.3, 0.4) is 0 Å². The van der Waals surface area contributed by atoms with Gasteiger partial charge in [-0.1, -0.05) is 36.4 Å². The highest BCUT2D eigenvalue weighted by Crippen LogP contribution is 2.30. The first-order valence-electron chi connectivity index (χ1n) is 6.80. The normalized spacial score (nSPS) is 10.8. The van der Waals surface area contributed by atoms with Gasteiger partial charge in [0.1, 0.15) is 0 Å². The molecule has 1 heterocycles. The SMILES string of the molecule is Cc1cccc(C)c1-c1cccc(-c2cncn2C)c1. The van der Waals surface area contributed by atoms with Crippen LogP contribution in [-0.4, -0.2) is 9.55 Å². The van der Waals surface area contributed by atoms with Crippen molar-refractivity contribution in [3.8, 4) is 22.4 Å². The molecule has 0 unspecified atom stereocenters. The molecule has 2 aromatic carbocycles. The molecule has 3 rings (SSSR count). The van der Waals surface area contributed by atoms with Crippen LogP contribution in [0, 0.1) is 13.8 Å². The molecular formula is C18H18N2. The second kappa shape index (κ2) is 4.97. The molecule has 0 spiro atoms. The highest BCUT2D eigenvalue weighted by atomic mass is 15.0. The average molecular weight is 262 g/mol. The van der Waals surface area contributed by atoms with Crippen LogP contribution in [0.4, 0.5) is 0 Å². The number of aryl methyl sites for hydroxylation is 3. The number of imidazole rings is 1. The van der Waals surface area contributed by atoms with Crippen molar-refractivity contribution in [2.45, 2.75) is 13.8 Å². The largest absolute Gasteiger partial charge is 0.334 e. The highest BCUT2D eigenvalue weighted by molar-refractivity contribution is 5.75. The minimum atomic E-state index is 1.14. The van der Waals surface area contributed by atoms with Crippen LogP contribution in [0.5, 0.6) is 0 Å². The predicted octanol–water partition coefficient (Wildman–Crippen LogP) is 4.37. The fraction of sp³-hybridized carbons (Fsp3) is 0.167. The Morgan fingerprint density at radius 2 is 1.55 bits per heavy atom. The summed E-state index contributed by atoms with van der Waals surface area (Å²) in [7, 11) is 2.02. The van der Waals surface area contributed by atoms with E-state index in [1.165, 1.54) is 27.8 Å². The van der Waals surface area contributed by atoms with Crippen LogP contribution in [-0.2, 0) is 7.05 Å². The number of hydrogen-bond donors (Lipinski definition) is 0. The second-order valence-electron chi connectivity index (χ2n) is 5.24. The van der Waals surface area contributed by atoms with Gasteiger partial charge in [0, 0.05) is 12.6 Å². The summed E-state index contributed by atoms with van der Waals surface area (Å²) in [6.07, 6.45) is 3.74. The number of nitrogens with zero attached hydrogens (tertiary/aromatic N) is 2. The average Bonchev–Trinajstić information content (AvgIpc) is 2.85. The van der Waals surface area contributed by atoms with Crippen molar-refractivity contribution in [2.24, 2.45) is 7.05 Å². The van der Waals surface area contributed by atoms with Crippen LogP contribution in [0.15, 0.2) is 55.0 Å². The molecule has 2 heteroatoms. The Morgan fingerprint density at radius 1 is 0.900 bits per heavy atom. The number of benzene rings is 2. The fourth-order valence-corrected chi connectivity index (χ4v) is 2.74. The van der Waals surface area contributed by atoms with E-state index < -0.39 is 0 Å². The minimum Gasteiger partial charge on any atom is -0.334 e. The van der Waals surface area contributed by atoms with Gasteiger partial charge in [-0.25, -0.2) is 4.98 Å². The zero-order valence-electron chi connectivity index (χ0n) is 12.1. The van der Waals surface area contributed by atoms with Gasteiger partial charge < -0.3 is 4.57 Å². The molecular weight excluding hydrogens is 244 g/mol. The third-order valence-electron chi connectivity index (χ3n) is 3.74. The molecule has 20 heavy (non-hydrogen) atoms. The van der Waals surface area contributed by atoms with Gasteiger partial charge in [-0.05, 0) is 42.2 Å². The van der Waals surface area contributed by atoms with Gasteiger partial charge in [0.2, 0.25) is 0 Å². The molecule has 0 saturated heterocycles. The van der Waals surface area contributed by atoms with Gasteiger partial charge >= 0.3 is 0 Å². The van der Waals surface area contributed by atoms with Crippen LogP contribution in [0.25, 0.3) is 22.4 Å². The van der Waals surface area contributed by atoms with Gasteiger partial charge in [-0.2, -0.15) is 0 Å². The van der Waals surface area contributed by atoms with Crippen LogP contribution >= 0.6 is 0 Å². The van der Waals surface area contributed by atoms with Crippen molar-refractivity contribution in [3.05, 3.63) is 66.1 Å². The maximum Gasteiger partial charge on any atom is 0.0948 e. The fourth-order valence-electron chi connectivity index (χ4n) is 2.74. The molecule has 0 aliphatic heterocycles. The van der Waals surface area contributed by atoms with E-state index in [0.29, 0.717) is 0 Å². The van der Waals surface area contributed by atoms with Gasteiger partial charge in [0.05, 0.1) is 18.2 Å². The van der Waals surface area contributed by atoms with Gasteiger partial charge in [-0.3, -0.25) is 0 Å². The van der Waals surface area contributed by atoms with E-state index in [0.717, 1.165) is 5.69 Å². The smallest absolute Gasteiger partial charge is 0.0948 e. The monoisotopic (exact) mass is 262 g/mol. The Kier molecular flexibility index (Phi) is 3.15. The molecule has 0 N–H and O–H groups in total. The highest BCUT2D eigenvalue weighted by Gasteiger charge is 2.08. The lowest BCUT2D eigenvalue weighted by atomic mass is 9.94. The third-order valence-corrected chi connectivity index (χ3v) is 3.74. The Labute approximate surface area is 119 Å². The Morgan fingerprint density at radius 3 is 2.20 bits per heavy atom. The van der Waals surface area contributed by atoms with E-state index >= 15 is 0 Å². The first kappa shape index (κ1) is 12.7. The number of hydrogen-bond acceptors (Lipinski definition) is 1. The molecule has 0 radical (unpaired) electrons. The maximum absolute atomic E-state index is 4.20. The Bertz CT molecular complexity index is 733. The lowest BCUT2D eigenvalue weighted by Crippen LogP contribution is -1.91. The zero-order valence-corrected chi connectivity index (χ0v) is 12.1. The summed E-state index contributed by atoms with van der Waals surface area (Å²) in [5.41, 5.74) is 7.55. The number of aromatic nitrogens is 2. The first-order valence-corrected chi connectivity index (χ1v) is 6.80. The van der Waals surface area contributed by atoms with E-state index in [4.69, 9.17) is 0 Å². The summed E-state index contributed by atoms with van der Waals surface area (Å²) in [5.74, 6) is 0. The molecule has 1 aromatic heterocycles. The lowest BCUT2D eigenvalue weighted by molar-refractivity contribution is 0.921. The van der Waals surface area contributed by atoms with Crippen molar-refractivity contribution in [2.75, 3.05) is 0 Å². The van der Waals surface area contributed by atoms with Gasteiger partial charge in [0.25, 0.3) is 0 Å². The first-order chi connectivity index (χ1) is 9.66. The van der Waals surface area contributed by atoms with Crippen LogP contribution in [0.1, 0.15) is 11.1 Å². The molecule has 0 fully saturated rings. The molecule has 0 atom stereocenters. The molecule has 2 nitrogen and oxygen atoms in total. The Balaban J connectivity index is 2.15. The summed E-state index contributed by atoms with van der Waals surface area (Å²) < 4.78 is 2.05. The van der Waals surface area contributed by atoms with Crippen molar-refractivity contribution < 1.29 is 0 Å². The third kappa shape index (κ3) is 2.14. The molecule has 0 saturated carbocycles. The van der Waals surface area contributed by atoms with Crippen molar-refractivity contribution >= 4 is 0 Å². The van der Waals surface area contributed by atoms with Crippen molar-refractivity contribution in [1.29, 1.82) is 0 Å². The summed E-state index contributed by atoms with van der Waals surface area (Å²) in [4.78, 5) is 4.20. The minimum absolute atomic E-state index is 1.14. The summed E-state index contributed by atoms with van der Waals surface area (Å²) in [5, 5.41) is 0. The van der Waals surface area contributed by atoms with Gasteiger partial charge in [0.15, 0.2) is 0 Å². The molecule has 0 amide bonds. The van der Waals surface area contributed by atoms with E-state index in [2.05, 4.69) is 61.3 Å². The van der Waals surface area contributed by atoms with Crippen molar-refractivity contribution in [1.82, 2.24) is 9.55 Å². The molecule has 0 bridgehead atoms. The molecule has 100 valence electrons. The lowest BCUT2D eigenvalue weighted by Gasteiger charge is -2.11. The predicted molar refractivity (Wildman–Crippen MR) is 83.6 cm³/mol.